The first kappa shape index (κ1) is 14.8. The lowest BCUT2D eigenvalue weighted by Gasteiger charge is -2.09. The largest absolute Gasteiger partial charge is 0.362 e. The van der Waals surface area contributed by atoms with Crippen LogP contribution in [0.4, 0.5) is 5.82 Å². The lowest BCUT2D eigenvalue weighted by molar-refractivity contribution is 0.777. The molecule has 0 bridgehead atoms. The first-order valence-electron chi connectivity index (χ1n) is 6.44. The van der Waals surface area contributed by atoms with Crippen molar-refractivity contribution in [3.8, 4) is 0 Å². The third-order valence-corrected chi connectivity index (χ3v) is 3.21. The molecule has 2 rings (SSSR count). The zero-order valence-corrected chi connectivity index (χ0v) is 12.5. The molecule has 0 radical (unpaired) electrons. The molecule has 1 aromatic heterocycles. The molecule has 104 valence electrons. The summed E-state index contributed by atoms with van der Waals surface area (Å²) >= 11 is 11.0. The monoisotopic (exact) mass is 305 g/mol. The second-order valence-electron chi connectivity index (χ2n) is 4.33. The van der Waals surface area contributed by atoms with Crippen LogP contribution in [0.2, 0.25) is 5.02 Å². The molecule has 0 aliphatic rings. The molecule has 0 atom stereocenters. The minimum atomic E-state index is 0.577. The summed E-state index contributed by atoms with van der Waals surface area (Å²) in [5, 5.41) is 7.37. The SMILES string of the molecule is S=C(NCCCc1ccccc1)Nc1ccc(Cl)cn1. The summed E-state index contributed by atoms with van der Waals surface area (Å²) in [7, 11) is 0. The van der Waals surface area contributed by atoms with Gasteiger partial charge in [-0.05, 0) is 42.8 Å². The Bertz CT molecular complexity index is 543. The van der Waals surface area contributed by atoms with Crippen LogP contribution in [-0.4, -0.2) is 16.6 Å². The Morgan fingerprint density at radius 2 is 1.95 bits per heavy atom. The summed E-state index contributed by atoms with van der Waals surface area (Å²) in [6, 6.07) is 14.0. The third kappa shape index (κ3) is 5.15. The Kier molecular flexibility index (Phi) is 5.77. The summed E-state index contributed by atoms with van der Waals surface area (Å²) in [6.07, 6.45) is 3.65. The zero-order valence-electron chi connectivity index (χ0n) is 11.0. The van der Waals surface area contributed by atoms with Crippen LogP contribution in [0.5, 0.6) is 0 Å². The van der Waals surface area contributed by atoms with E-state index in [0.717, 1.165) is 19.4 Å². The van der Waals surface area contributed by atoms with Gasteiger partial charge in [0.1, 0.15) is 5.82 Å². The molecule has 0 fully saturated rings. The second kappa shape index (κ2) is 7.82. The second-order valence-corrected chi connectivity index (χ2v) is 5.18. The van der Waals surface area contributed by atoms with Gasteiger partial charge < -0.3 is 10.6 Å². The van der Waals surface area contributed by atoms with Crippen molar-refractivity contribution in [2.24, 2.45) is 0 Å². The van der Waals surface area contributed by atoms with Crippen LogP contribution < -0.4 is 10.6 Å². The molecular formula is C15H16ClN3S. The molecule has 3 nitrogen and oxygen atoms in total. The molecule has 5 heteroatoms. The van der Waals surface area contributed by atoms with Gasteiger partial charge in [0.05, 0.1) is 5.02 Å². The van der Waals surface area contributed by atoms with Gasteiger partial charge in [0, 0.05) is 12.7 Å². The Hall–Kier alpha value is -1.65. The molecule has 2 aromatic rings. The van der Waals surface area contributed by atoms with Crippen molar-refractivity contribution < 1.29 is 0 Å². The normalized spacial score (nSPS) is 10.1. The van der Waals surface area contributed by atoms with E-state index in [1.165, 1.54) is 5.56 Å². The predicted octanol–water partition coefficient (Wildman–Crippen LogP) is 3.65. The number of rotatable bonds is 5. The molecule has 1 heterocycles. The number of nitrogens with one attached hydrogen (secondary N) is 2. The Morgan fingerprint density at radius 1 is 1.15 bits per heavy atom. The standard InChI is InChI=1S/C15H16ClN3S/c16-13-8-9-14(18-11-13)19-15(20)17-10-4-7-12-5-2-1-3-6-12/h1-3,5-6,8-9,11H,4,7,10H2,(H2,17,18,19,20). The van der Waals surface area contributed by atoms with E-state index < -0.39 is 0 Å². The van der Waals surface area contributed by atoms with Crippen molar-refractivity contribution in [3.05, 3.63) is 59.2 Å². The number of aromatic nitrogens is 1. The fourth-order valence-electron chi connectivity index (χ4n) is 1.75. The fourth-order valence-corrected chi connectivity index (χ4v) is 2.07. The minimum Gasteiger partial charge on any atom is -0.362 e. The topological polar surface area (TPSA) is 37.0 Å². The van der Waals surface area contributed by atoms with Crippen LogP contribution in [0, 0.1) is 0 Å². The van der Waals surface area contributed by atoms with Crippen LogP contribution in [0.25, 0.3) is 0 Å². The van der Waals surface area contributed by atoms with Crippen LogP contribution >= 0.6 is 23.8 Å². The molecule has 0 amide bonds. The van der Waals surface area contributed by atoms with Crippen molar-refractivity contribution in [2.45, 2.75) is 12.8 Å². The average molecular weight is 306 g/mol. The van der Waals surface area contributed by atoms with Crippen LogP contribution in [0.1, 0.15) is 12.0 Å². The van der Waals surface area contributed by atoms with Gasteiger partial charge in [-0.1, -0.05) is 41.9 Å². The summed E-state index contributed by atoms with van der Waals surface area (Å²) in [6.45, 7) is 0.828. The lowest BCUT2D eigenvalue weighted by atomic mass is 10.1. The van der Waals surface area contributed by atoms with Gasteiger partial charge in [-0.25, -0.2) is 4.98 Å². The molecular weight excluding hydrogens is 290 g/mol. The molecule has 0 aliphatic heterocycles. The number of halogens is 1. The van der Waals surface area contributed by atoms with Gasteiger partial charge in [0.2, 0.25) is 0 Å². The van der Waals surface area contributed by atoms with Gasteiger partial charge >= 0.3 is 0 Å². The Labute approximate surface area is 129 Å². The van der Waals surface area contributed by atoms with Crippen LogP contribution in [0.15, 0.2) is 48.7 Å². The molecule has 1 aromatic carbocycles. The Balaban J connectivity index is 1.66. The van der Waals surface area contributed by atoms with Crippen molar-refractivity contribution >= 4 is 34.7 Å². The van der Waals surface area contributed by atoms with Gasteiger partial charge in [0.15, 0.2) is 5.11 Å². The van der Waals surface area contributed by atoms with E-state index in [1.54, 1.807) is 18.3 Å². The molecule has 20 heavy (non-hydrogen) atoms. The summed E-state index contributed by atoms with van der Waals surface area (Å²) in [4.78, 5) is 4.12. The van der Waals surface area contributed by atoms with E-state index in [2.05, 4.69) is 39.9 Å². The van der Waals surface area contributed by atoms with Gasteiger partial charge in [-0.3, -0.25) is 0 Å². The lowest BCUT2D eigenvalue weighted by Crippen LogP contribution is -2.29. The molecule has 0 aliphatic carbocycles. The van der Waals surface area contributed by atoms with Crippen molar-refractivity contribution in [1.29, 1.82) is 0 Å². The number of benzene rings is 1. The third-order valence-electron chi connectivity index (χ3n) is 2.74. The number of aryl methyl sites for hydroxylation is 1. The number of pyridine rings is 1. The van der Waals surface area contributed by atoms with Crippen molar-refractivity contribution in [2.75, 3.05) is 11.9 Å². The number of nitrogens with zero attached hydrogens (tertiary/aromatic N) is 1. The van der Waals surface area contributed by atoms with Gasteiger partial charge in [0.25, 0.3) is 0 Å². The van der Waals surface area contributed by atoms with Crippen LogP contribution in [0.3, 0.4) is 0 Å². The van der Waals surface area contributed by atoms with E-state index in [4.69, 9.17) is 23.8 Å². The number of anilines is 1. The van der Waals surface area contributed by atoms with Gasteiger partial charge in [-0.2, -0.15) is 0 Å². The highest BCUT2D eigenvalue weighted by Crippen LogP contribution is 2.09. The smallest absolute Gasteiger partial charge is 0.171 e. The summed E-state index contributed by atoms with van der Waals surface area (Å²) in [5.41, 5.74) is 1.34. The fraction of sp³-hybridized carbons (Fsp3) is 0.200. The number of hydrogen-bond donors (Lipinski definition) is 2. The summed E-state index contributed by atoms with van der Waals surface area (Å²) in [5.74, 6) is 0.690. The van der Waals surface area contributed by atoms with Crippen molar-refractivity contribution in [1.82, 2.24) is 10.3 Å². The van der Waals surface area contributed by atoms with Crippen molar-refractivity contribution in [3.63, 3.8) is 0 Å². The maximum atomic E-state index is 5.77. The average Bonchev–Trinajstić information content (AvgIpc) is 2.47. The quantitative estimate of drug-likeness (QED) is 0.653. The molecule has 0 saturated heterocycles. The van der Waals surface area contributed by atoms with E-state index in [0.29, 0.717) is 16.0 Å². The first-order valence-corrected chi connectivity index (χ1v) is 7.23. The van der Waals surface area contributed by atoms with Crippen LogP contribution in [-0.2, 0) is 6.42 Å². The molecule has 0 unspecified atom stereocenters. The number of thiocarbonyl (C=S) groups is 1. The predicted molar refractivity (Wildman–Crippen MR) is 88.2 cm³/mol. The summed E-state index contributed by atoms with van der Waals surface area (Å²) < 4.78 is 0. The number of hydrogen-bond acceptors (Lipinski definition) is 2. The molecule has 2 N–H and O–H groups in total. The maximum Gasteiger partial charge on any atom is 0.171 e. The van der Waals surface area contributed by atoms with E-state index >= 15 is 0 Å². The minimum absolute atomic E-state index is 0.577. The molecule has 0 saturated carbocycles. The highest BCUT2D eigenvalue weighted by molar-refractivity contribution is 7.80. The zero-order chi connectivity index (χ0) is 14.2. The Morgan fingerprint density at radius 3 is 2.65 bits per heavy atom. The highest BCUT2D eigenvalue weighted by atomic mass is 35.5. The van der Waals surface area contributed by atoms with E-state index in [9.17, 15) is 0 Å². The van der Waals surface area contributed by atoms with E-state index in [1.807, 2.05) is 6.07 Å². The van der Waals surface area contributed by atoms with E-state index in [-0.39, 0.29) is 0 Å². The van der Waals surface area contributed by atoms with Gasteiger partial charge in [-0.15, -0.1) is 0 Å². The highest BCUT2D eigenvalue weighted by Gasteiger charge is 1.98. The first-order chi connectivity index (χ1) is 9.74. The molecule has 0 spiro atoms. The maximum absolute atomic E-state index is 5.77.